The minimum atomic E-state index is 0.0774. The van der Waals surface area contributed by atoms with Gasteiger partial charge in [0.05, 0.1) is 5.33 Å². The molecule has 0 fully saturated rings. The third kappa shape index (κ3) is 7.36. The molecule has 84 valence electrons. The van der Waals surface area contributed by atoms with Crippen LogP contribution in [-0.2, 0) is 4.79 Å². The van der Waals surface area contributed by atoms with Crippen LogP contribution in [0.3, 0.4) is 0 Å². The van der Waals surface area contributed by atoms with Crippen molar-refractivity contribution < 1.29 is 4.79 Å². The minimum absolute atomic E-state index is 0.0774. The van der Waals surface area contributed by atoms with E-state index >= 15 is 0 Å². The van der Waals surface area contributed by atoms with Gasteiger partial charge in [-0.25, -0.2) is 0 Å². The Bertz CT molecular complexity index is 169. The number of unbranched alkanes of at least 4 members (excludes halogenated alkanes) is 2. The van der Waals surface area contributed by atoms with E-state index in [0.717, 1.165) is 6.54 Å². The van der Waals surface area contributed by atoms with Crippen molar-refractivity contribution in [2.24, 2.45) is 5.41 Å². The topological polar surface area (TPSA) is 29.1 Å². The van der Waals surface area contributed by atoms with Gasteiger partial charge in [-0.3, -0.25) is 4.79 Å². The lowest BCUT2D eigenvalue weighted by Crippen LogP contribution is -2.34. The van der Waals surface area contributed by atoms with Gasteiger partial charge in [0, 0.05) is 6.54 Å². The van der Waals surface area contributed by atoms with Crippen LogP contribution in [0.15, 0.2) is 0 Å². The number of carbonyl (C=O) groups is 1. The molecule has 0 aliphatic heterocycles. The van der Waals surface area contributed by atoms with Crippen molar-refractivity contribution in [1.82, 2.24) is 5.32 Å². The highest BCUT2D eigenvalue weighted by atomic mass is 79.9. The largest absolute Gasteiger partial charge is 0.355 e. The summed E-state index contributed by atoms with van der Waals surface area (Å²) in [6.45, 7) is 7.40. The van der Waals surface area contributed by atoms with Crippen LogP contribution < -0.4 is 5.32 Å². The molecule has 0 atom stereocenters. The van der Waals surface area contributed by atoms with Crippen molar-refractivity contribution in [3.63, 3.8) is 0 Å². The molecular formula is C11H22BrNO. The van der Waals surface area contributed by atoms with Crippen molar-refractivity contribution in [3.8, 4) is 0 Å². The number of carbonyl (C=O) groups excluding carboxylic acids is 1. The van der Waals surface area contributed by atoms with Crippen molar-refractivity contribution >= 4 is 21.8 Å². The molecule has 0 bridgehead atoms. The lowest BCUT2D eigenvalue weighted by Gasteiger charge is -2.24. The first-order valence-corrected chi connectivity index (χ1v) is 6.46. The Balaban J connectivity index is 3.65. The molecule has 2 nitrogen and oxygen atoms in total. The molecule has 0 aromatic heterocycles. The van der Waals surface area contributed by atoms with E-state index in [1.54, 1.807) is 0 Å². The molecular weight excluding hydrogens is 242 g/mol. The zero-order valence-electron chi connectivity index (χ0n) is 9.53. The Hall–Kier alpha value is -0.0500. The molecule has 3 heteroatoms. The molecule has 0 saturated heterocycles. The summed E-state index contributed by atoms with van der Waals surface area (Å²) >= 11 is 3.13. The SMILES string of the molecule is CCCCCC(C)(C)CNC(=O)CBr. The molecule has 0 aromatic carbocycles. The Morgan fingerprint density at radius 3 is 2.50 bits per heavy atom. The first-order chi connectivity index (χ1) is 6.52. The first-order valence-electron chi connectivity index (χ1n) is 5.34. The number of amides is 1. The van der Waals surface area contributed by atoms with Crippen molar-refractivity contribution in [1.29, 1.82) is 0 Å². The molecule has 0 aliphatic rings. The van der Waals surface area contributed by atoms with Crippen LogP contribution in [0.2, 0.25) is 0 Å². The minimum Gasteiger partial charge on any atom is -0.355 e. The molecule has 0 radical (unpaired) electrons. The fourth-order valence-electron chi connectivity index (χ4n) is 1.33. The summed E-state index contributed by atoms with van der Waals surface area (Å²) in [5.41, 5.74) is 0.229. The second-order valence-corrected chi connectivity index (χ2v) is 5.09. The highest BCUT2D eigenvalue weighted by Crippen LogP contribution is 2.22. The highest BCUT2D eigenvalue weighted by Gasteiger charge is 2.17. The molecule has 0 aromatic rings. The van der Waals surface area contributed by atoms with E-state index in [4.69, 9.17) is 0 Å². The maximum atomic E-state index is 11.0. The molecule has 0 spiro atoms. The van der Waals surface area contributed by atoms with Gasteiger partial charge in [0.15, 0.2) is 0 Å². The summed E-state index contributed by atoms with van der Waals surface area (Å²) in [5.74, 6) is 0.0774. The maximum absolute atomic E-state index is 11.0. The van der Waals surface area contributed by atoms with E-state index in [0.29, 0.717) is 5.33 Å². The van der Waals surface area contributed by atoms with Gasteiger partial charge >= 0.3 is 0 Å². The van der Waals surface area contributed by atoms with Crippen LogP contribution in [0.5, 0.6) is 0 Å². The van der Waals surface area contributed by atoms with Crippen molar-refractivity contribution in [2.45, 2.75) is 46.5 Å². The Morgan fingerprint density at radius 1 is 1.36 bits per heavy atom. The Kier molecular flexibility index (Phi) is 7.24. The smallest absolute Gasteiger partial charge is 0.230 e. The van der Waals surface area contributed by atoms with E-state index in [-0.39, 0.29) is 11.3 Å². The molecule has 1 amide bonds. The monoisotopic (exact) mass is 263 g/mol. The fraction of sp³-hybridized carbons (Fsp3) is 0.909. The molecule has 0 unspecified atom stereocenters. The van der Waals surface area contributed by atoms with Gasteiger partial charge in [-0.1, -0.05) is 56.0 Å². The van der Waals surface area contributed by atoms with Gasteiger partial charge in [-0.15, -0.1) is 0 Å². The predicted octanol–water partition coefficient (Wildman–Crippen LogP) is 3.10. The zero-order chi connectivity index (χ0) is 11.0. The highest BCUT2D eigenvalue weighted by molar-refractivity contribution is 9.09. The average Bonchev–Trinajstić information content (AvgIpc) is 2.14. The lowest BCUT2D eigenvalue weighted by molar-refractivity contribution is -0.118. The van der Waals surface area contributed by atoms with Crippen LogP contribution >= 0.6 is 15.9 Å². The average molecular weight is 264 g/mol. The predicted molar refractivity (Wildman–Crippen MR) is 64.7 cm³/mol. The second-order valence-electron chi connectivity index (χ2n) is 4.53. The quantitative estimate of drug-likeness (QED) is 0.555. The fourth-order valence-corrected chi connectivity index (χ4v) is 1.53. The second kappa shape index (κ2) is 7.27. The number of hydrogen-bond acceptors (Lipinski definition) is 1. The summed E-state index contributed by atoms with van der Waals surface area (Å²) in [4.78, 5) is 11.0. The van der Waals surface area contributed by atoms with Crippen LogP contribution in [0.4, 0.5) is 0 Å². The van der Waals surface area contributed by atoms with Crippen molar-refractivity contribution in [3.05, 3.63) is 0 Å². The molecule has 0 aliphatic carbocycles. The third-order valence-corrected chi connectivity index (χ3v) is 2.85. The molecule has 1 N–H and O–H groups in total. The summed E-state index contributed by atoms with van der Waals surface area (Å²) < 4.78 is 0. The van der Waals surface area contributed by atoms with Gasteiger partial charge in [0.1, 0.15) is 0 Å². The van der Waals surface area contributed by atoms with Crippen LogP contribution in [-0.4, -0.2) is 17.8 Å². The van der Waals surface area contributed by atoms with Gasteiger partial charge in [-0.2, -0.15) is 0 Å². The first kappa shape index (κ1) is 13.9. The zero-order valence-corrected chi connectivity index (χ0v) is 11.1. The Morgan fingerprint density at radius 2 is 2.00 bits per heavy atom. The number of halogens is 1. The van der Waals surface area contributed by atoms with E-state index in [9.17, 15) is 4.79 Å². The van der Waals surface area contributed by atoms with E-state index in [1.165, 1.54) is 25.7 Å². The molecule has 0 heterocycles. The van der Waals surface area contributed by atoms with E-state index in [1.807, 2.05) is 0 Å². The van der Waals surface area contributed by atoms with Gasteiger partial charge in [0.25, 0.3) is 0 Å². The Labute approximate surface area is 96.0 Å². The summed E-state index contributed by atoms with van der Waals surface area (Å²) in [6, 6.07) is 0. The van der Waals surface area contributed by atoms with E-state index < -0.39 is 0 Å². The van der Waals surface area contributed by atoms with Crippen LogP contribution in [0.1, 0.15) is 46.5 Å². The van der Waals surface area contributed by atoms with Gasteiger partial charge < -0.3 is 5.32 Å². The maximum Gasteiger partial charge on any atom is 0.230 e. The molecule has 14 heavy (non-hydrogen) atoms. The number of alkyl halides is 1. The van der Waals surface area contributed by atoms with Gasteiger partial charge in [-0.05, 0) is 11.8 Å². The molecule has 0 saturated carbocycles. The van der Waals surface area contributed by atoms with E-state index in [2.05, 4.69) is 42.0 Å². The summed E-state index contributed by atoms with van der Waals surface area (Å²) in [5, 5.41) is 3.31. The normalized spacial score (nSPS) is 11.4. The lowest BCUT2D eigenvalue weighted by atomic mass is 9.87. The third-order valence-electron chi connectivity index (χ3n) is 2.34. The molecule has 0 rings (SSSR count). The number of rotatable bonds is 7. The number of hydrogen-bond donors (Lipinski definition) is 1. The summed E-state index contributed by atoms with van der Waals surface area (Å²) in [6.07, 6.45) is 4.98. The van der Waals surface area contributed by atoms with Crippen molar-refractivity contribution in [2.75, 3.05) is 11.9 Å². The van der Waals surface area contributed by atoms with Gasteiger partial charge in [0.2, 0.25) is 5.91 Å². The van der Waals surface area contributed by atoms with Crippen LogP contribution in [0, 0.1) is 5.41 Å². The standard InChI is InChI=1S/C11H22BrNO/c1-4-5-6-7-11(2,3)9-13-10(14)8-12/h4-9H2,1-3H3,(H,13,14). The van der Waals surface area contributed by atoms with Crippen LogP contribution in [0.25, 0.3) is 0 Å². The summed E-state index contributed by atoms with van der Waals surface area (Å²) in [7, 11) is 0. The number of nitrogens with one attached hydrogen (secondary N) is 1.